The lowest BCUT2D eigenvalue weighted by Gasteiger charge is -2.27. The van der Waals surface area contributed by atoms with Crippen molar-refractivity contribution >= 4 is 5.91 Å². The SMILES string of the molecule is Cc1ccccc1C1NC(C)C(=O)N1CCC1CCCC1. The zero-order valence-electron chi connectivity index (χ0n) is 13.1. The fraction of sp³-hybridized carbons (Fsp3) is 0.611. The van der Waals surface area contributed by atoms with Gasteiger partial charge >= 0.3 is 0 Å². The van der Waals surface area contributed by atoms with Crippen LogP contribution in [-0.4, -0.2) is 23.4 Å². The van der Waals surface area contributed by atoms with Crippen molar-refractivity contribution in [2.45, 2.75) is 58.2 Å². The molecule has 0 aromatic heterocycles. The summed E-state index contributed by atoms with van der Waals surface area (Å²) in [5.74, 6) is 1.08. The topological polar surface area (TPSA) is 32.3 Å². The molecule has 0 spiro atoms. The average molecular weight is 286 g/mol. The van der Waals surface area contributed by atoms with E-state index in [0.29, 0.717) is 0 Å². The Morgan fingerprint density at radius 3 is 2.67 bits per heavy atom. The highest BCUT2D eigenvalue weighted by Crippen LogP contribution is 2.31. The number of nitrogens with zero attached hydrogens (tertiary/aromatic N) is 1. The summed E-state index contributed by atoms with van der Waals surface area (Å²) in [6.45, 7) is 4.99. The van der Waals surface area contributed by atoms with Gasteiger partial charge in [-0.15, -0.1) is 0 Å². The number of carbonyl (C=O) groups is 1. The summed E-state index contributed by atoms with van der Waals surface area (Å²) in [6.07, 6.45) is 6.64. The van der Waals surface area contributed by atoms with Crippen molar-refractivity contribution in [3.8, 4) is 0 Å². The molecule has 1 aliphatic carbocycles. The molecule has 2 fully saturated rings. The second-order valence-electron chi connectivity index (χ2n) is 6.62. The van der Waals surface area contributed by atoms with Crippen LogP contribution in [0.2, 0.25) is 0 Å². The molecule has 1 aromatic rings. The molecule has 21 heavy (non-hydrogen) atoms. The highest BCUT2D eigenvalue weighted by atomic mass is 16.2. The molecular weight excluding hydrogens is 260 g/mol. The molecule has 3 heteroatoms. The van der Waals surface area contributed by atoms with Gasteiger partial charge in [0, 0.05) is 6.54 Å². The smallest absolute Gasteiger partial charge is 0.241 e. The van der Waals surface area contributed by atoms with Gasteiger partial charge in [-0.2, -0.15) is 0 Å². The molecule has 0 bridgehead atoms. The molecule has 3 rings (SSSR count). The van der Waals surface area contributed by atoms with Crippen molar-refractivity contribution in [3.63, 3.8) is 0 Å². The minimum absolute atomic E-state index is 0.0510. The largest absolute Gasteiger partial charge is 0.322 e. The van der Waals surface area contributed by atoms with Crippen molar-refractivity contribution in [1.82, 2.24) is 10.2 Å². The Bertz CT molecular complexity index is 508. The van der Waals surface area contributed by atoms with Crippen LogP contribution in [0.15, 0.2) is 24.3 Å². The van der Waals surface area contributed by atoms with Gasteiger partial charge in [0.15, 0.2) is 0 Å². The van der Waals surface area contributed by atoms with E-state index in [0.717, 1.165) is 18.9 Å². The molecule has 0 radical (unpaired) electrons. The van der Waals surface area contributed by atoms with Crippen molar-refractivity contribution in [1.29, 1.82) is 0 Å². The Hall–Kier alpha value is -1.35. The Balaban J connectivity index is 1.74. The highest BCUT2D eigenvalue weighted by molar-refractivity contribution is 5.84. The van der Waals surface area contributed by atoms with E-state index in [2.05, 4.69) is 41.4 Å². The summed E-state index contributed by atoms with van der Waals surface area (Å²) in [6, 6.07) is 8.31. The number of benzene rings is 1. The van der Waals surface area contributed by atoms with Crippen LogP contribution >= 0.6 is 0 Å². The summed E-state index contributed by atoms with van der Waals surface area (Å²) in [7, 11) is 0. The molecule has 114 valence electrons. The molecule has 1 saturated heterocycles. The summed E-state index contributed by atoms with van der Waals surface area (Å²) in [5.41, 5.74) is 2.49. The van der Waals surface area contributed by atoms with Crippen LogP contribution in [0.25, 0.3) is 0 Å². The van der Waals surface area contributed by atoms with Crippen LogP contribution in [0, 0.1) is 12.8 Å². The first-order valence-corrected chi connectivity index (χ1v) is 8.29. The lowest BCUT2D eigenvalue weighted by atomic mass is 10.0. The summed E-state index contributed by atoms with van der Waals surface area (Å²) < 4.78 is 0. The summed E-state index contributed by atoms with van der Waals surface area (Å²) in [5, 5.41) is 3.46. The van der Waals surface area contributed by atoms with Crippen molar-refractivity contribution in [3.05, 3.63) is 35.4 Å². The normalized spacial score (nSPS) is 26.8. The second-order valence-corrected chi connectivity index (χ2v) is 6.62. The van der Waals surface area contributed by atoms with Crippen molar-refractivity contribution < 1.29 is 4.79 Å². The summed E-state index contributed by atoms with van der Waals surface area (Å²) >= 11 is 0. The number of amides is 1. The van der Waals surface area contributed by atoms with Gasteiger partial charge in [-0.1, -0.05) is 49.9 Å². The zero-order chi connectivity index (χ0) is 14.8. The predicted octanol–water partition coefficient (Wildman–Crippen LogP) is 3.39. The van der Waals surface area contributed by atoms with Gasteiger partial charge in [-0.3, -0.25) is 10.1 Å². The van der Waals surface area contributed by atoms with E-state index in [1.807, 2.05) is 6.92 Å². The van der Waals surface area contributed by atoms with Crippen molar-refractivity contribution in [2.75, 3.05) is 6.54 Å². The Morgan fingerprint density at radius 2 is 1.95 bits per heavy atom. The predicted molar refractivity (Wildman–Crippen MR) is 84.8 cm³/mol. The number of hydrogen-bond donors (Lipinski definition) is 1. The van der Waals surface area contributed by atoms with Gasteiger partial charge in [0.05, 0.1) is 6.04 Å². The maximum Gasteiger partial charge on any atom is 0.241 e. The maximum absolute atomic E-state index is 12.5. The minimum atomic E-state index is -0.0711. The number of aryl methyl sites for hydroxylation is 1. The van der Waals surface area contributed by atoms with Crippen LogP contribution in [-0.2, 0) is 4.79 Å². The fourth-order valence-electron chi connectivity index (χ4n) is 3.79. The standard InChI is InChI=1S/C18H26N2O/c1-13-7-3-6-10-16(13)17-19-14(2)18(21)20(17)12-11-15-8-4-5-9-15/h3,6-7,10,14-15,17,19H,4-5,8-9,11-12H2,1-2H3. The number of nitrogens with one attached hydrogen (secondary N) is 1. The zero-order valence-corrected chi connectivity index (χ0v) is 13.1. The monoisotopic (exact) mass is 286 g/mol. The third-order valence-electron chi connectivity index (χ3n) is 5.11. The van der Waals surface area contributed by atoms with Gasteiger partial charge in [-0.05, 0) is 37.3 Å². The molecule has 1 N–H and O–H groups in total. The fourth-order valence-corrected chi connectivity index (χ4v) is 3.79. The van der Waals surface area contributed by atoms with E-state index in [9.17, 15) is 4.79 Å². The van der Waals surface area contributed by atoms with Gasteiger partial charge in [-0.25, -0.2) is 0 Å². The number of rotatable bonds is 4. The van der Waals surface area contributed by atoms with Crippen LogP contribution in [0.4, 0.5) is 0 Å². The third-order valence-corrected chi connectivity index (χ3v) is 5.11. The molecule has 2 atom stereocenters. The lowest BCUT2D eigenvalue weighted by Crippen LogP contribution is -2.32. The van der Waals surface area contributed by atoms with E-state index in [4.69, 9.17) is 0 Å². The molecule has 2 aliphatic rings. The van der Waals surface area contributed by atoms with Gasteiger partial charge in [0.1, 0.15) is 6.17 Å². The third kappa shape index (κ3) is 2.98. The molecule has 1 heterocycles. The molecular formula is C18H26N2O. The van der Waals surface area contributed by atoms with Gasteiger partial charge < -0.3 is 4.90 Å². The van der Waals surface area contributed by atoms with Crippen LogP contribution in [0.5, 0.6) is 0 Å². The van der Waals surface area contributed by atoms with E-state index >= 15 is 0 Å². The first kappa shape index (κ1) is 14.6. The molecule has 1 aromatic carbocycles. The van der Waals surface area contributed by atoms with E-state index in [-0.39, 0.29) is 18.1 Å². The number of carbonyl (C=O) groups excluding carboxylic acids is 1. The van der Waals surface area contributed by atoms with Crippen LogP contribution < -0.4 is 5.32 Å². The summed E-state index contributed by atoms with van der Waals surface area (Å²) in [4.78, 5) is 14.5. The molecule has 1 amide bonds. The van der Waals surface area contributed by atoms with Crippen molar-refractivity contribution in [2.24, 2.45) is 5.92 Å². The number of hydrogen-bond acceptors (Lipinski definition) is 2. The quantitative estimate of drug-likeness (QED) is 0.920. The van der Waals surface area contributed by atoms with E-state index < -0.39 is 0 Å². The van der Waals surface area contributed by atoms with E-state index in [1.165, 1.54) is 36.8 Å². The molecule has 3 nitrogen and oxygen atoms in total. The Labute approximate surface area is 127 Å². The Kier molecular flexibility index (Phi) is 4.29. The minimum Gasteiger partial charge on any atom is -0.322 e. The first-order valence-electron chi connectivity index (χ1n) is 8.29. The average Bonchev–Trinajstić information content (AvgIpc) is 3.08. The second kappa shape index (κ2) is 6.18. The molecule has 2 unspecified atom stereocenters. The van der Waals surface area contributed by atoms with Crippen LogP contribution in [0.3, 0.4) is 0 Å². The molecule has 1 saturated carbocycles. The lowest BCUT2D eigenvalue weighted by molar-refractivity contribution is -0.130. The van der Waals surface area contributed by atoms with Gasteiger partial charge in [0.2, 0.25) is 5.91 Å². The highest BCUT2D eigenvalue weighted by Gasteiger charge is 2.37. The van der Waals surface area contributed by atoms with E-state index in [1.54, 1.807) is 0 Å². The van der Waals surface area contributed by atoms with Crippen LogP contribution in [0.1, 0.15) is 56.3 Å². The molecule has 1 aliphatic heterocycles. The van der Waals surface area contributed by atoms with Gasteiger partial charge in [0.25, 0.3) is 0 Å². The maximum atomic E-state index is 12.5. The first-order chi connectivity index (χ1) is 10.2. The Morgan fingerprint density at radius 1 is 1.24 bits per heavy atom.